The normalized spacial score (nSPS) is 10.2. The Morgan fingerprint density at radius 1 is 1.42 bits per heavy atom. The molecule has 1 aromatic heterocycles. The first kappa shape index (κ1) is 12.9. The highest BCUT2D eigenvalue weighted by Gasteiger charge is 2.11. The highest BCUT2D eigenvalue weighted by atomic mass is 16.5. The first-order valence-corrected chi connectivity index (χ1v) is 5.54. The van der Waals surface area contributed by atoms with Gasteiger partial charge in [0.05, 0.1) is 12.7 Å². The molecule has 19 heavy (non-hydrogen) atoms. The zero-order valence-corrected chi connectivity index (χ0v) is 10.7. The molecule has 7 heteroatoms. The lowest BCUT2D eigenvalue weighted by Gasteiger charge is -2.07. The van der Waals surface area contributed by atoms with Crippen molar-refractivity contribution in [2.75, 3.05) is 12.8 Å². The van der Waals surface area contributed by atoms with Crippen molar-refractivity contribution in [3.05, 3.63) is 35.9 Å². The molecule has 0 aliphatic rings. The van der Waals surface area contributed by atoms with E-state index in [-0.39, 0.29) is 6.61 Å². The number of nitrogens with two attached hydrogens (primary N) is 1. The summed E-state index contributed by atoms with van der Waals surface area (Å²) in [5.74, 6) is 0.573. The third kappa shape index (κ3) is 3.01. The molecule has 7 nitrogen and oxygen atoms in total. The number of anilines is 1. The lowest BCUT2D eigenvalue weighted by Crippen LogP contribution is -2.09. The van der Waals surface area contributed by atoms with Gasteiger partial charge < -0.3 is 15.2 Å². The second-order valence-electron chi connectivity index (χ2n) is 3.87. The zero-order valence-electron chi connectivity index (χ0n) is 10.7. The van der Waals surface area contributed by atoms with E-state index in [0.29, 0.717) is 22.8 Å². The van der Waals surface area contributed by atoms with Crippen LogP contribution in [0.5, 0.6) is 5.75 Å². The van der Waals surface area contributed by atoms with Crippen molar-refractivity contribution in [3.63, 3.8) is 0 Å². The molecule has 2 rings (SSSR count). The minimum atomic E-state index is -0.492. The van der Waals surface area contributed by atoms with Gasteiger partial charge in [0.1, 0.15) is 12.1 Å². The number of carbonyl (C=O) groups excluding carboxylic acids is 1. The Bertz CT molecular complexity index is 594. The van der Waals surface area contributed by atoms with Crippen LogP contribution in [0.4, 0.5) is 5.69 Å². The van der Waals surface area contributed by atoms with Gasteiger partial charge >= 0.3 is 5.97 Å². The molecule has 2 aromatic rings. The fourth-order valence-corrected chi connectivity index (χ4v) is 1.52. The van der Waals surface area contributed by atoms with E-state index >= 15 is 0 Å². The number of esters is 1. The SMILES string of the molecule is COc1cc(N)cc(C(=O)OCc2ncnn2C)c1. The molecule has 0 radical (unpaired) electrons. The van der Waals surface area contributed by atoms with Gasteiger partial charge in [-0.15, -0.1) is 0 Å². The van der Waals surface area contributed by atoms with Gasteiger partial charge in [-0.25, -0.2) is 9.78 Å². The Balaban J connectivity index is 2.08. The topological polar surface area (TPSA) is 92.3 Å². The van der Waals surface area contributed by atoms with E-state index < -0.39 is 5.97 Å². The number of nitrogens with zero attached hydrogens (tertiary/aromatic N) is 3. The second-order valence-corrected chi connectivity index (χ2v) is 3.87. The predicted octanol–water partition coefficient (Wildman–Crippen LogP) is 0.763. The number of hydrogen-bond donors (Lipinski definition) is 1. The van der Waals surface area contributed by atoms with Crippen molar-refractivity contribution < 1.29 is 14.3 Å². The van der Waals surface area contributed by atoms with Crippen molar-refractivity contribution in [3.8, 4) is 5.75 Å². The smallest absolute Gasteiger partial charge is 0.338 e. The number of carbonyl (C=O) groups is 1. The number of aryl methyl sites for hydroxylation is 1. The fourth-order valence-electron chi connectivity index (χ4n) is 1.52. The van der Waals surface area contributed by atoms with Gasteiger partial charge in [-0.1, -0.05) is 0 Å². The van der Waals surface area contributed by atoms with Crippen LogP contribution in [0.3, 0.4) is 0 Å². The minimum absolute atomic E-state index is 0.0481. The van der Waals surface area contributed by atoms with Crippen LogP contribution >= 0.6 is 0 Å². The molecule has 0 amide bonds. The Kier molecular flexibility index (Phi) is 3.65. The quantitative estimate of drug-likeness (QED) is 0.646. The molecule has 0 unspecified atom stereocenters. The Morgan fingerprint density at radius 3 is 2.84 bits per heavy atom. The third-order valence-corrected chi connectivity index (χ3v) is 2.54. The summed E-state index contributed by atoms with van der Waals surface area (Å²) >= 11 is 0. The molecule has 0 atom stereocenters. The monoisotopic (exact) mass is 262 g/mol. The summed E-state index contributed by atoms with van der Waals surface area (Å²) in [7, 11) is 3.23. The van der Waals surface area contributed by atoms with Gasteiger partial charge in [-0.2, -0.15) is 5.10 Å². The minimum Gasteiger partial charge on any atom is -0.497 e. The van der Waals surface area contributed by atoms with Gasteiger partial charge in [-0.3, -0.25) is 4.68 Å². The molecule has 1 aromatic carbocycles. The van der Waals surface area contributed by atoms with Crippen LogP contribution in [0.2, 0.25) is 0 Å². The van der Waals surface area contributed by atoms with E-state index in [4.69, 9.17) is 15.2 Å². The molecule has 0 aliphatic heterocycles. The largest absolute Gasteiger partial charge is 0.497 e. The van der Waals surface area contributed by atoms with E-state index in [1.54, 1.807) is 19.2 Å². The van der Waals surface area contributed by atoms with Crippen LogP contribution in [0.1, 0.15) is 16.2 Å². The highest BCUT2D eigenvalue weighted by molar-refractivity contribution is 5.91. The first-order valence-electron chi connectivity index (χ1n) is 5.54. The Morgan fingerprint density at radius 2 is 2.21 bits per heavy atom. The average molecular weight is 262 g/mol. The number of nitrogen functional groups attached to an aromatic ring is 1. The van der Waals surface area contributed by atoms with Crippen LogP contribution in [0.15, 0.2) is 24.5 Å². The maximum Gasteiger partial charge on any atom is 0.338 e. The van der Waals surface area contributed by atoms with E-state index in [1.807, 2.05) is 0 Å². The second kappa shape index (κ2) is 5.38. The van der Waals surface area contributed by atoms with E-state index in [2.05, 4.69) is 10.1 Å². The first-order chi connectivity index (χ1) is 9.10. The molecule has 0 saturated carbocycles. The number of ether oxygens (including phenoxy) is 2. The van der Waals surface area contributed by atoms with Crippen LogP contribution in [0, 0.1) is 0 Å². The molecular formula is C12H14N4O3. The number of rotatable bonds is 4. The van der Waals surface area contributed by atoms with Gasteiger partial charge in [0.25, 0.3) is 0 Å². The average Bonchev–Trinajstić information content (AvgIpc) is 2.80. The summed E-state index contributed by atoms with van der Waals surface area (Å²) in [6, 6.07) is 4.72. The van der Waals surface area contributed by atoms with Crippen LogP contribution in [-0.4, -0.2) is 27.8 Å². The summed E-state index contributed by atoms with van der Waals surface area (Å²) in [5.41, 5.74) is 6.44. The van der Waals surface area contributed by atoms with Crippen molar-refractivity contribution in [2.24, 2.45) is 7.05 Å². The molecule has 0 aliphatic carbocycles. The molecular weight excluding hydrogens is 248 g/mol. The van der Waals surface area contributed by atoms with Gasteiger partial charge in [0.15, 0.2) is 12.4 Å². The molecule has 0 saturated heterocycles. The summed E-state index contributed by atoms with van der Waals surface area (Å²) in [6.07, 6.45) is 1.40. The van der Waals surface area contributed by atoms with Crippen molar-refractivity contribution in [1.29, 1.82) is 0 Å². The maximum atomic E-state index is 11.9. The van der Waals surface area contributed by atoms with Gasteiger partial charge in [0.2, 0.25) is 0 Å². The standard InChI is InChI=1S/C12H14N4O3/c1-16-11(14-7-15-16)6-19-12(17)8-3-9(13)5-10(4-8)18-2/h3-5,7H,6,13H2,1-2H3. The predicted molar refractivity (Wildman–Crippen MR) is 67.5 cm³/mol. The maximum absolute atomic E-state index is 11.9. The lowest BCUT2D eigenvalue weighted by molar-refractivity contribution is 0.0458. The number of hydrogen-bond acceptors (Lipinski definition) is 6. The van der Waals surface area contributed by atoms with Crippen molar-refractivity contribution in [2.45, 2.75) is 6.61 Å². The molecule has 2 N–H and O–H groups in total. The number of aromatic nitrogens is 3. The summed E-state index contributed by atoms with van der Waals surface area (Å²) in [4.78, 5) is 15.8. The molecule has 100 valence electrons. The van der Waals surface area contributed by atoms with E-state index in [1.165, 1.54) is 24.2 Å². The van der Waals surface area contributed by atoms with Crippen LogP contribution in [0.25, 0.3) is 0 Å². The molecule has 1 heterocycles. The van der Waals surface area contributed by atoms with Gasteiger partial charge in [-0.05, 0) is 12.1 Å². The summed E-state index contributed by atoms with van der Waals surface area (Å²) in [5, 5.41) is 3.88. The third-order valence-electron chi connectivity index (χ3n) is 2.54. The van der Waals surface area contributed by atoms with Crippen LogP contribution < -0.4 is 10.5 Å². The number of methoxy groups -OCH3 is 1. The lowest BCUT2D eigenvalue weighted by atomic mass is 10.2. The van der Waals surface area contributed by atoms with Crippen molar-refractivity contribution in [1.82, 2.24) is 14.8 Å². The molecule has 0 bridgehead atoms. The fraction of sp³-hybridized carbons (Fsp3) is 0.250. The summed E-state index contributed by atoms with van der Waals surface area (Å²) < 4.78 is 11.7. The Labute approximate surface area is 110 Å². The van der Waals surface area contributed by atoms with Crippen LogP contribution in [-0.2, 0) is 18.4 Å². The Hall–Kier alpha value is -2.57. The van der Waals surface area contributed by atoms with Crippen molar-refractivity contribution >= 4 is 11.7 Å². The number of benzene rings is 1. The van der Waals surface area contributed by atoms with E-state index in [9.17, 15) is 4.79 Å². The highest BCUT2D eigenvalue weighted by Crippen LogP contribution is 2.19. The van der Waals surface area contributed by atoms with E-state index in [0.717, 1.165) is 0 Å². The zero-order chi connectivity index (χ0) is 13.8. The molecule has 0 spiro atoms. The molecule has 0 fully saturated rings. The summed E-state index contributed by atoms with van der Waals surface area (Å²) in [6.45, 7) is 0.0481. The van der Waals surface area contributed by atoms with Gasteiger partial charge in [0, 0.05) is 18.8 Å².